The lowest BCUT2D eigenvalue weighted by Crippen LogP contribution is -2.30. The van der Waals surface area contributed by atoms with Crippen molar-refractivity contribution in [3.63, 3.8) is 0 Å². The zero-order chi connectivity index (χ0) is 9.40. The van der Waals surface area contributed by atoms with Crippen molar-refractivity contribution in [2.45, 2.75) is 33.6 Å². The van der Waals surface area contributed by atoms with Crippen LogP contribution in [0.5, 0.6) is 0 Å². The highest BCUT2D eigenvalue weighted by Gasteiger charge is 2.08. The standard InChI is InChI=1S/C10H22BrN/c1-4-10(5-2)9-12(6-3)8-7-11/h10H,4-9H2,1-3H3. The van der Waals surface area contributed by atoms with Gasteiger partial charge in [0.1, 0.15) is 0 Å². The number of hydrogen-bond acceptors (Lipinski definition) is 1. The van der Waals surface area contributed by atoms with Gasteiger partial charge in [0.05, 0.1) is 0 Å². The summed E-state index contributed by atoms with van der Waals surface area (Å²) in [6, 6.07) is 0. The molecule has 0 spiro atoms. The Morgan fingerprint density at radius 1 is 1.17 bits per heavy atom. The van der Waals surface area contributed by atoms with Crippen molar-refractivity contribution in [3.05, 3.63) is 0 Å². The summed E-state index contributed by atoms with van der Waals surface area (Å²) in [6.45, 7) is 10.5. The quantitative estimate of drug-likeness (QED) is 0.614. The fourth-order valence-electron chi connectivity index (χ4n) is 1.41. The fraction of sp³-hybridized carbons (Fsp3) is 1.00. The topological polar surface area (TPSA) is 3.24 Å². The molecule has 0 unspecified atom stereocenters. The van der Waals surface area contributed by atoms with E-state index in [0.29, 0.717) is 0 Å². The molecule has 0 aliphatic rings. The molecule has 0 bridgehead atoms. The summed E-state index contributed by atoms with van der Waals surface area (Å²) in [4.78, 5) is 2.52. The molecule has 0 N–H and O–H groups in total. The van der Waals surface area contributed by atoms with E-state index in [1.807, 2.05) is 0 Å². The van der Waals surface area contributed by atoms with Crippen molar-refractivity contribution < 1.29 is 0 Å². The lowest BCUT2D eigenvalue weighted by molar-refractivity contribution is 0.247. The third-order valence-corrected chi connectivity index (χ3v) is 2.87. The SMILES string of the molecule is CCC(CC)CN(CC)CCBr. The van der Waals surface area contributed by atoms with Gasteiger partial charge in [-0.1, -0.05) is 49.5 Å². The molecule has 0 radical (unpaired) electrons. The third kappa shape index (κ3) is 5.15. The van der Waals surface area contributed by atoms with E-state index in [2.05, 4.69) is 41.6 Å². The molecule has 0 aliphatic carbocycles. The van der Waals surface area contributed by atoms with Crippen LogP contribution in [0.2, 0.25) is 0 Å². The normalized spacial score (nSPS) is 11.5. The minimum atomic E-state index is 0.893. The van der Waals surface area contributed by atoms with E-state index >= 15 is 0 Å². The Labute approximate surface area is 85.7 Å². The Balaban J connectivity index is 3.65. The van der Waals surface area contributed by atoms with E-state index < -0.39 is 0 Å². The van der Waals surface area contributed by atoms with Gasteiger partial charge in [-0.2, -0.15) is 0 Å². The average molecular weight is 236 g/mol. The van der Waals surface area contributed by atoms with Crippen LogP contribution in [0, 0.1) is 5.92 Å². The zero-order valence-corrected chi connectivity index (χ0v) is 10.2. The number of alkyl halides is 1. The number of nitrogens with zero attached hydrogens (tertiary/aromatic N) is 1. The maximum atomic E-state index is 3.48. The first-order valence-corrected chi connectivity index (χ1v) is 6.18. The molecule has 74 valence electrons. The first-order valence-electron chi connectivity index (χ1n) is 5.06. The largest absolute Gasteiger partial charge is 0.303 e. The summed E-state index contributed by atoms with van der Waals surface area (Å²) in [5.41, 5.74) is 0. The van der Waals surface area contributed by atoms with E-state index in [0.717, 1.165) is 11.2 Å². The van der Waals surface area contributed by atoms with Gasteiger partial charge in [-0.15, -0.1) is 0 Å². The average Bonchev–Trinajstić information content (AvgIpc) is 2.12. The van der Waals surface area contributed by atoms with Crippen molar-refractivity contribution in [2.24, 2.45) is 5.92 Å². The van der Waals surface area contributed by atoms with Crippen LogP contribution in [0.3, 0.4) is 0 Å². The van der Waals surface area contributed by atoms with Gasteiger partial charge in [0.2, 0.25) is 0 Å². The Morgan fingerprint density at radius 2 is 1.75 bits per heavy atom. The summed E-state index contributed by atoms with van der Waals surface area (Å²) >= 11 is 3.48. The van der Waals surface area contributed by atoms with Crippen LogP contribution in [0.15, 0.2) is 0 Å². The molecular formula is C10H22BrN. The maximum absolute atomic E-state index is 3.48. The van der Waals surface area contributed by atoms with Gasteiger partial charge in [0.15, 0.2) is 0 Å². The summed E-state index contributed by atoms with van der Waals surface area (Å²) in [5.74, 6) is 0.893. The molecule has 0 amide bonds. The van der Waals surface area contributed by atoms with Crippen LogP contribution in [0.1, 0.15) is 33.6 Å². The molecule has 0 aromatic heterocycles. The number of halogens is 1. The van der Waals surface area contributed by atoms with E-state index in [-0.39, 0.29) is 0 Å². The summed E-state index contributed by atoms with van der Waals surface area (Å²) < 4.78 is 0. The Morgan fingerprint density at radius 3 is 2.08 bits per heavy atom. The first-order chi connectivity index (χ1) is 5.78. The van der Waals surface area contributed by atoms with E-state index in [1.165, 1.54) is 32.5 Å². The highest BCUT2D eigenvalue weighted by molar-refractivity contribution is 9.09. The number of rotatable bonds is 7. The van der Waals surface area contributed by atoms with Crippen LogP contribution in [-0.4, -0.2) is 29.9 Å². The van der Waals surface area contributed by atoms with Crippen molar-refractivity contribution >= 4 is 15.9 Å². The molecule has 0 atom stereocenters. The van der Waals surface area contributed by atoms with Crippen molar-refractivity contribution in [1.82, 2.24) is 4.90 Å². The van der Waals surface area contributed by atoms with Crippen molar-refractivity contribution in [2.75, 3.05) is 25.0 Å². The second-order valence-electron chi connectivity index (χ2n) is 3.26. The minimum absolute atomic E-state index is 0.893. The molecule has 0 heterocycles. The molecule has 2 heteroatoms. The molecule has 12 heavy (non-hydrogen) atoms. The third-order valence-electron chi connectivity index (χ3n) is 2.52. The van der Waals surface area contributed by atoms with Crippen LogP contribution >= 0.6 is 15.9 Å². The molecular weight excluding hydrogens is 214 g/mol. The van der Waals surface area contributed by atoms with E-state index in [4.69, 9.17) is 0 Å². The highest BCUT2D eigenvalue weighted by atomic mass is 79.9. The lowest BCUT2D eigenvalue weighted by atomic mass is 10.0. The van der Waals surface area contributed by atoms with Crippen LogP contribution in [0.4, 0.5) is 0 Å². The van der Waals surface area contributed by atoms with Gasteiger partial charge in [0.25, 0.3) is 0 Å². The fourth-order valence-corrected chi connectivity index (χ4v) is 1.91. The molecule has 0 aromatic rings. The molecule has 0 rings (SSSR count). The summed E-state index contributed by atoms with van der Waals surface area (Å²) in [5, 5.41) is 1.10. The first kappa shape index (κ1) is 12.4. The van der Waals surface area contributed by atoms with E-state index in [9.17, 15) is 0 Å². The van der Waals surface area contributed by atoms with Crippen LogP contribution in [0.25, 0.3) is 0 Å². The molecule has 0 aromatic carbocycles. The highest BCUT2D eigenvalue weighted by Crippen LogP contribution is 2.09. The Hall–Kier alpha value is 0.440. The van der Waals surface area contributed by atoms with Gasteiger partial charge in [-0.05, 0) is 12.5 Å². The monoisotopic (exact) mass is 235 g/mol. The van der Waals surface area contributed by atoms with Crippen LogP contribution < -0.4 is 0 Å². The molecule has 0 saturated carbocycles. The Bertz CT molecular complexity index is 91.8. The molecule has 0 saturated heterocycles. The number of hydrogen-bond donors (Lipinski definition) is 0. The molecule has 0 fully saturated rings. The maximum Gasteiger partial charge on any atom is 0.0159 e. The van der Waals surface area contributed by atoms with Crippen molar-refractivity contribution in [1.29, 1.82) is 0 Å². The van der Waals surface area contributed by atoms with Gasteiger partial charge >= 0.3 is 0 Å². The zero-order valence-electron chi connectivity index (χ0n) is 8.65. The van der Waals surface area contributed by atoms with E-state index in [1.54, 1.807) is 0 Å². The summed E-state index contributed by atoms with van der Waals surface area (Å²) in [7, 11) is 0. The van der Waals surface area contributed by atoms with Gasteiger partial charge in [0, 0.05) is 18.4 Å². The second kappa shape index (κ2) is 8.06. The van der Waals surface area contributed by atoms with Gasteiger partial charge in [-0.3, -0.25) is 0 Å². The van der Waals surface area contributed by atoms with Gasteiger partial charge < -0.3 is 4.90 Å². The molecule has 0 aliphatic heterocycles. The van der Waals surface area contributed by atoms with Gasteiger partial charge in [-0.25, -0.2) is 0 Å². The molecule has 1 nitrogen and oxygen atoms in total. The smallest absolute Gasteiger partial charge is 0.0159 e. The summed E-state index contributed by atoms with van der Waals surface area (Å²) in [6.07, 6.45) is 2.63. The predicted octanol–water partition coefficient (Wildman–Crippen LogP) is 3.14. The second-order valence-corrected chi connectivity index (χ2v) is 4.06. The van der Waals surface area contributed by atoms with Crippen LogP contribution in [-0.2, 0) is 0 Å². The predicted molar refractivity (Wildman–Crippen MR) is 60.0 cm³/mol. The Kier molecular flexibility index (Phi) is 8.35. The minimum Gasteiger partial charge on any atom is -0.303 e. The lowest BCUT2D eigenvalue weighted by Gasteiger charge is -2.24. The van der Waals surface area contributed by atoms with Crippen molar-refractivity contribution in [3.8, 4) is 0 Å².